The third-order valence-electron chi connectivity index (χ3n) is 3.25. The molecule has 2 aromatic rings. The molecule has 0 spiro atoms. The highest BCUT2D eigenvalue weighted by molar-refractivity contribution is 5.81. The van der Waals surface area contributed by atoms with Gasteiger partial charge >= 0.3 is 0 Å². The first-order valence-electron chi connectivity index (χ1n) is 6.67. The van der Waals surface area contributed by atoms with E-state index in [2.05, 4.69) is 5.32 Å². The molecular formula is C16H15NO4. The Hall–Kier alpha value is -2.69. The van der Waals surface area contributed by atoms with Crippen molar-refractivity contribution in [3.05, 3.63) is 54.1 Å². The highest BCUT2D eigenvalue weighted by atomic mass is 16.6. The van der Waals surface area contributed by atoms with E-state index in [0.717, 1.165) is 0 Å². The summed E-state index contributed by atoms with van der Waals surface area (Å²) in [5.41, 5.74) is 0.656. The van der Waals surface area contributed by atoms with Crippen LogP contribution in [0.1, 0.15) is 5.56 Å². The van der Waals surface area contributed by atoms with Crippen LogP contribution in [-0.4, -0.2) is 23.7 Å². The van der Waals surface area contributed by atoms with Crippen LogP contribution >= 0.6 is 0 Å². The van der Waals surface area contributed by atoms with Crippen LogP contribution in [0.4, 0.5) is 0 Å². The average Bonchev–Trinajstić information content (AvgIpc) is 2.53. The molecule has 0 aliphatic carbocycles. The Morgan fingerprint density at radius 1 is 1.14 bits per heavy atom. The fourth-order valence-electron chi connectivity index (χ4n) is 2.11. The van der Waals surface area contributed by atoms with Crippen LogP contribution < -0.4 is 14.8 Å². The number of amides is 1. The fraction of sp³-hybridized carbons (Fsp3) is 0.188. The van der Waals surface area contributed by atoms with Gasteiger partial charge in [-0.25, -0.2) is 0 Å². The van der Waals surface area contributed by atoms with Crippen molar-refractivity contribution in [2.24, 2.45) is 0 Å². The molecule has 0 fully saturated rings. The summed E-state index contributed by atoms with van der Waals surface area (Å²) >= 11 is 0. The zero-order valence-electron chi connectivity index (χ0n) is 11.3. The van der Waals surface area contributed by atoms with Crippen LogP contribution in [0.25, 0.3) is 0 Å². The van der Waals surface area contributed by atoms with E-state index in [4.69, 9.17) is 9.47 Å². The SMILES string of the molecule is O=C(NCc1ccccc1O)C1COc2ccccc2O1. The first-order valence-corrected chi connectivity index (χ1v) is 6.67. The Morgan fingerprint density at radius 3 is 2.67 bits per heavy atom. The van der Waals surface area contributed by atoms with E-state index in [1.165, 1.54) is 0 Å². The largest absolute Gasteiger partial charge is 0.508 e. The van der Waals surface area contributed by atoms with Crippen molar-refractivity contribution in [2.45, 2.75) is 12.6 Å². The molecule has 1 amide bonds. The van der Waals surface area contributed by atoms with Gasteiger partial charge in [0.15, 0.2) is 11.5 Å². The van der Waals surface area contributed by atoms with Crippen LogP contribution in [0.5, 0.6) is 17.2 Å². The number of para-hydroxylation sites is 3. The number of hydrogen-bond acceptors (Lipinski definition) is 4. The minimum atomic E-state index is -0.689. The minimum Gasteiger partial charge on any atom is -0.508 e. The van der Waals surface area contributed by atoms with Crippen LogP contribution in [0.3, 0.4) is 0 Å². The van der Waals surface area contributed by atoms with Gasteiger partial charge in [-0.05, 0) is 18.2 Å². The number of nitrogens with one attached hydrogen (secondary N) is 1. The zero-order valence-corrected chi connectivity index (χ0v) is 11.3. The third kappa shape index (κ3) is 2.91. The smallest absolute Gasteiger partial charge is 0.264 e. The summed E-state index contributed by atoms with van der Waals surface area (Å²) in [7, 11) is 0. The van der Waals surface area contributed by atoms with Gasteiger partial charge in [0.05, 0.1) is 0 Å². The maximum Gasteiger partial charge on any atom is 0.264 e. The van der Waals surface area contributed by atoms with E-state index < -0.39 is 6.10 Å². The molecule has 1 unspecified atom stereocenters. The Labute approximate surface area is 122 Å². The molecule has 1 heterocycles. The van der Waals surface area contributed by atoms with Gasteiger partial charge in [-0.1, -0.05) is 30.3 Å². The lowest BCUT2D eigenvalue weighted by atomic mass is 10.2. The number of hydrogen-bond donors (Lipinski definition) is 2. The molecule has 2 aromatic carbocycles. The summed E-state index contributed by atoms with van der Waals surface area (Å²) in [4.78, 5) is 12.1. The molecule has 1 aliphatic heterocycles. The van der Waals surface area contributed by atoms with Gasteiger partial charge in [0, 0.05) is 12.1 Å². The molecular weight excluding hydrogens is 270 g/mol. The maximum atomic E-state index is 12.1. The molecule has 3 rings (SSSR count). The van der Waals surface area contributed by atoms with Gasteiger partial charge in [-0.3, -0.25) is 4.79 Å². The average molecular weight is 285 g/mol. The number of fused-ring (bicyclic) bond motifs is 1. The first-order chi connectivity index (χ1) is 10.2. The molecule has 5 heteroatoms. The van der Waals surface area contributed by atoms with E-state index in [1.54, 1.807) is 36.4 Å². The van der Waals surface area contributed by atoms with E-state index >= 15 is 0 Å². The van der Waals surface area contributed by atoms with Gasteiger partial charge in [0.1, 0.15) is 12.4 Å². The van der Waals surface area contributed by atoms with Crippen molar-refractivity contribution >= 4 is 5.91 Å². The number of carbonyl (C=O) groups excluding carboxylic acids is 1. The number of phenols is 1. The molecule has 5 nitrogen and oxygen atoms in total. The van der Waals surface area contributed by atoms with E-state index in [0.29, 0.717) is 17.1 Å². The zero-order chi connectivity index (χ0) is 14.7. The molecule has 2 N–H and O–H groups in total. The van der Waals surface area contributed by atoms with Crippen molar-refractivity contribution < 1.29 is 19.4 Å². The summed E-state index contributed by atoms with van der Waals surface area (Å²) in [6, 6.07) is 14.1. The Balaban J connectivity index is 1.61. The number of phenolic OH excluding ortho intramolecular Hbond substituents is 1. The summed E-state index contributed by atoms with van der Waals surface area (Å²) in [5, 5.41) is 12.4. The second kappa shape index (κ2) is 5.75. The van der Waals surface area contributed by atoms with Gasteiger partial charge in [-0.15, -0.1) is 0 Å². The second-order valence-corrected chi connectivity index (χ2v) is 4.71. The first kappa shape index (κ1) is 13.3. The van der Waals surface area contributed by atoms with Crippen molar-refractivity contribution in [3.63, 3.8) is 0 Å². The van der Waals surface area contributed by atoms with Gasteiger partial charge in [0.25, 0.3) is 5.91 Å². The van der Waals surface area contributed by atoms with Crippen LogP contribution in [0.15, 0.2) is 48.5 Å². The standard InChI is InChI=1S/C16H15NO4/c18-12-6-2-1-5-11(12)9-17-16(19)15-10-20-13-7-3-4-8-14(13)21-15/h1-8,15,18H,9-10H2,(H,17,19). The summed E-state index contributed by atoms with van der Waals surface area (Å²) in [5.74, 6) is 1.09. The fourth-order valence-corrected chi connectivity index (χ4v) is 2.11. The van der Waals surface area contributed by atoms with Crippen molar-refractivity contribution in [1.29, 1.82) is 0 Å². The lowest BCUT2D eigenvalue weighted by Crippen LogP contribution is -2.43. The topological polar surface area (TPSA) is 67.8 Å². The molecule has 1 atom stereocenters. The van der Waals surface area contributed by atoms with E-state index in [-0.39, 0.29) is 24.8 Å². The highest BCUT2D eigenvalue weighted by Gasteiger charge is 2.27. The summed E-state index contributed by atoms with van der Waals surface area (Å²) in [6.07, 6.45) is -0.689. The Morgan fingerprint density at radius 2 is 1.86 bits per heavy atom. The van der Waals surface area contributed by atoms with Crippen molar-refractivity contribution in [3.8, 4) is 17.2 Å². The molecule has 108 valence electrons. The summed E-state index contributed by atoms with van der Waals surface area (Å²) < 4.78 is 11.1. The molecule has 0 aromatic heterocycles. The normalized spacial score (nSPS) is 16.3. The molecule has 0 radical (unpaired) electrons. The highest BCUT2D eigenvalue weighted by Crippen LogP contribution is 2.30. The Bertz CT molecular complexity index is 656. The molecule has 21 heavy (non-hydrogen) atoms. The van der Waals surface area contributed by atoms with E-state index in [9.17, 15) is 9.90 Å². The Kier molecular flexibility index (Phi) is 3.64. The molecule has 0 saturated carbocycles. The predicted molar refractivity (Wildman–Crippen MR) is 76.3 cm³/mol. The predicted octanol–water partition coefficient (Wildman–Crippen LogP) is 1.85. The van der Waals surface area contributed by atoms with Crippen molar-refractivity contribution in [2.75, 3.05) is 6.61 Å². The maximum absolute atomic E-state index is 12.1. The minimum absolute atomic E-state index is 0.156. The van der Waals surface area contributed by atoms with Gasteiger partial charge in [0.2, 0.25) is 6.10 Å². The second-order valence-electron chi connectivity index (χ2n) is 4.71. The number of rotatable bonds is 3. The van der Waals surface area contributed by atoms with E-state index in [1.807, 2.05) is 12.1 Å². The number of carbonyl (C=O) groups is 1. The van der Waals surface area contributed by atoms with Crippen molar-refractivity contribution in [1.82, 2.24) is 5.32 Å². The molecule has 0 saturated heterocycles. The molecule has 0 bridgehead atoms. The van der Waals surface area contributed by atoms with Gasteiger partial charge < -0.3 is 19.9 Å². The van der Waals surface area contributed by atoms with Crippen LogP contribution in [-0.2, 0) is 11.3 Å². The van der Waals surface area contributed by atoms with Crippen LogP contribution in [0, 0.1) is 0 Å². The van der Waals surface area contributed by atoms with Gasteiger partial charge in [-0.2, -0.15) is 0 Å². The third-order valence-corrected chi connectivity index (χ3v) is 3.25. The number of aromatic hydroxyl groups is 1. The lowest BCUT2D eigenvalue weighted by molar-refractivity contribution is -0.130. The number of ether oxygens (including phenoxy) is 2. The molecule has 1 aliphatic rings. The monoisotopic (exact) mass is 285 g/mol. The summed E-state index contributed by atoms with van der Waals surface area (Å²) in [6.45, 7) is 0.413. The number of benzene rings is 2. The van der Waals surface area contributed by atoms with Crippen LogP contribution in [0.2, 0.25) is 0 Å². The quantitative estimate of drug-likeness (QED) is 0.903. The lowest BCUT2D eigenvalue weighted by Gasteiger charge is -2.25.